The quantitative estimate of drug-likeness (QED) is 0.518. The molecule has 4 aromatic heterocycles. The molecule has 0 saturated heterocycles. The number of alkyl halides is 2. The molecule has 2 saturated carbocycles. The van der Waals surface area contributed by atoms with Crippen LogP contribution in [0.1, 0.15) is 44.5 Å². The van der Waals surface area contributed by atoms with E-state index < -0.39 is 5.92 Å². The van der Waals surface area contributed by atoms with Crippen LogP contribution in [-0.2, 0) is 0 Å². The highest BCUT2D eigenvalue weighted by Gasteiger charge is 2.47. The summed E-state index contributed by atoms with van der Waals surface area (Å²) >= 11 is 0. The van der Waals surface area contributed by atoms with Crippen LogP contribution in [0.2, 0.25) is 0 Å². The van der Waals surface area contributed by atoms with Crippen molar-refractivity contribution in [2.75, 3.05) is 5.32 Å². The molecule has 9 heteroatoms. The first-order valence-corrected chi connectivity index (χ1v) is 10.7. The second-order valence-electron chi connectivity index (χ2n) is 9.07. The van der Waals surface area contributed by atoms with Crippen molar-refractivity contribution in [3.8, 4) is 11.1 Å². The SMILES string of the molecule is Cc1nc2ncc(-c3ccn4nc(NC5CC(C)C5)ncc34)cc2n1C1CC(F)(F)C1. The summed E-state index contributed by atoms with van der Waals surface area (Å²) in [7, 11) is 0. The molecule has 160 valence electrons. The molecular formula is C22H23F2N7. The Morgan fingerprint density at radius 3 is 2.68 bits per heavy atom. The van der Waals surface area contributed by atoms with Crippen LogP contribution < -0.4 is 5.32 Å². The van der Waals surface area contributed by atoms with E-state index in [1.165, 1.54) is 0 Å². The lowest BCUT2D eigenvalue weighted by Crippen LogP contribution is -2.37. The summed E-state index contributed by atoms with van der Waals surface area (Å²) < 4.78 is 30.7. The average Bonchev–Trinajstić information content (AvgIpc) is 3.24. The van der Waals surface area contributed by atoms with E-state index in [-0.39, 0.29) is 18.9 Å². The van der Waals surface area contributed by atoms with E-state index in [0.29, 0.717) is 23.5 Å². The zero-order chi connectivity index (χ0) is 21.3. The summed E-state index contributed by atoms with van der Waals surface area (Å²) in [4.78, 5) is 13.5. The number of anilines is 1. The summed E-state index contributed by atoms with van der Waals surface area (Å²) in [6, 6.07) is 4.16. The molecule has 0 spiro atoms. The van der Waals surface area contributed by atoms with E-state index in [1.54, 1.807) is 6.20 Å². The lowest BCUT2D eigenvalue weighted by atomic mass is 9.82. The predicted octanol–water partition coefficient (Wildman–Crippen LogP) is 4.63. The number of fused-ring (bicyclic) bond motifs is 2. The Morgan fingerprint density at radius 2 is 1.94 bits per heavy atom. The van der Waals surface area contributed by atoms with Gasteiger partial charge in [0.25, 0.3) is 5.92 Å². The fourth-order valence-corrected chi connectivity index (χ4v) is 4.92. The molecule has 4 heterocycles. The molecule has 0 aliphatic heterocycles. The molecule has 2 fully saturated rings. The molecule has 0 atom stereocenters. The van der Waals surface area contributed by atoms with Gasteiger partial charge in [-0.3, -0.25) is 0 Å². The normalized spacial score (nSPS) is 23.1. The maximum absolute atomic E-state index is 13.5. The molecule has 6 rings (SSSR count). The number of imidazole rings is 1. The second kappa shape index (κ2) is 6.45. The third-order valence-electron chi connectivity index (χ3n) is 6.59. The first kappa shape index (κ1) is 18.7. The van der Waals surface area contributed by atoms with Gasteiger partial charge in [0, 0.05) is 48.4 Å². The van der Waals surface area contributed by atoms with Crippen molar-refractivity contribution in [1.82, 2.24) is 29.1 Å². The van der Waals surface area contributed by atoms with Crippen molar-refractivity contribution in [2.24, 2.45) is 5.92 Å². The summed E-state index contributed by atoms with van der Waals surface area (Å²) in [5, 5.41) is 7.98. The number of nitrogens with zero attached hydrogens (tertiary/aromatic N) is 6. The monoisotopic (exact) mass is 423 g/mol. The Bertz CT molecular complexity index is 1290. The minimum absolute atomic E-state index is 0.151. The van der Waals surface area contributed by atoms with Crippen molar-refractivity contribution in [3.63, 3.8) is 0 Å². The van der Waals surface area contributed by atoms with Gasteiger partial charge in [0.05, 0.1) is 17.2 Å². The van der Waals surface area contributed by atoms with Crippen LogP contribution in [0.5, 0.6) is 0 Å². The Balaban J connectivity index is 1.35. The van der Waals surface area contributed by atoms with Crippen molar-refractivity contribution in [2.45, 2.75) is 57.5 Å². The molecule has 2 aliphatic carbocycles. The van der Waals surface area contributed by atoms with E-state index in [9.17, 15) is 8.78 Å². The van der Waals surface area contributed by atoms with Gasteiger partial charge < -0.3 is 9.88 Å². The molecule has 31 heavy (non-hydrogen) atoms. The second-order valence-corrected chi connectivity index (χ2v) is 9.07. The first-order valence-electron chi connectivity index (χ1n) is 10.7. The Kier molecular flexibility index (Phi) is 3.88. The van der Waals surface area contributed by atoms with Crippen molar-refractivity contribution >= 4 is 22.6 Å². The van der Waals surface area contributed by atoms with E-state index in [0.717, 1.165) is 40.9 Å². The van der Waals surface area contributed by atoms with Gasteiger partial charge in [-0.1, -0.05) is 6.92 Å². The van der Waals surface area contributed by atoms with Crippen LogP contribution in [0.3, 0.4) is 0 Å². The third-order valence-corrected chi connectivity index (χ3v) is 6.59. The highest BCUT2D eigenvalue weighted by atomic mass is 19.3. The molecule has 7 nitrogen and oxygen atoms in total. The Labute approximate surface area is 177 Å². The lowest BCUT2D eigenvalue weighted by molar-refractivity contribution is -0.103. The Hall–Kier alpha value is -3.10. The zero-order valence-electron chi connectivity index (χ0n) is 17.4. The molecule has 0 bridgehead atoms. The van der Waals surface area contributed by atoms with Crippen molar-refractivity contribution < 1.29 is 8.78 Å². The standard InChI is InChI=1S/C22H23F2N7/c1-12-5-15(6-12)28-21-26-11-19-17(3-4-30(19)29-21)14-7-18-20(25-10-14)27-13(2)31(18)16-8-22(23,24)9-16/h3-4,7,10-12,15-16H,5-6,8-9H2,1-2H3,(H,28,29). The summed E-state index contributed by atoms with van der Waals surface area (Å²) in [6.45, 7) is 4.09. The zero-order valence-corrected chi connectivity index (χ0v) is 17.4. The predicted molar refractivity (Wildman–Crippen MR) is 113 cm³/mol. The summed E-state index contributed by atoms with van der Waals surface area (Å²) in [6.07, 6.45) is 7.47. The molecule has 2 aliphatic rings. The van der Waals surface area contributed by atoms with Crippen LogP contribution >= 0.6 is 0 Å². The third kappa shape index (κ3) is 3.05. The number of hydrogen-bond donors (Lipinski definition) is 1. The average molecular weight is 423 g/mol. The van der Waals surface area contributed by atoms with Gasteiger partial charge in [-0.05, 0) is 37.8 Å². The first-order chi connectivity index (χ1) is 14.9. The van der Waals surface area contributed by atoms with Gasteiger partial charge in [-0.2, -0.15) is 0 Å². The van der Waals surface area contributed by atoms with E-state index >= 15 is 0 Å². The number of pyridine rings is 1. The number of halogens is 2. The van der Waals surface area contributed by atoms with E-state index in [4.69, 9.17) is 0 Å². The van der Waals surface area contributed by atoms with Gasteiger partial charge in [-0.15, -0.1) is 5.10 Å². The van der Waals surface area contributed by atoms with Crippen LogP contribution in [0.15, 0.2) is 30.7 Å². The number of rotatable bonds is 4. The minimum Gasteiger partial charge on any atom is -0.350 e. The number of nitrogens with one attached hydrogen (secondary N) is 1. The van der Waals surface area contributed by atoms with Crippen LogP contribution in [0, 0.1) is 12.8 Å². The Morgan fingerprint density at radius 1 is 1.13 bits per heavy atom. The lowest BCUT2D eigenvalue weighted by Gasteiger charge is -2.36. The van der Waals surface area contributed by atoms with Gasteiger partial charge in [0.2, 0.25) is 5.95 Å². The fourth-order valence-electron chi connectivity index (χ4n) is 4.92. The smallest absolute Gasteiger partial charge is 0.252 e. The molecule has 0 aromatic carbocycles. The van der Waals surface area contributed by atoms with Crippen LogP contribution in [0.4, 0.5) is 14.7 Å². The number of hydrogen-bond acceptors (Lipinski definition) is 5. The maximum Gasteiger partial charge on any atom is 0.252 e. The summed E-state index contributed by atoms with van der Waals surface area (Å²) in [5.41, 5.74) is 4.07. The maximum atomic E-state index is 13.5. The largest absolute Gasteiger partial charge is 0.350 e. The van der Waals surface area contributed by atoms with Crippen molar-refractivity contribution in [3.05, 3.63) is 36.5 Å². The summed E-state index contributed by atoms with van der Waals surface area (Å²) in [5.74, 6) is -0.492. The number of aromatic nitrogens is 6. The molecule has 4 aromatic rings. The molecular weight excluding hydrogens is 400 g/mol. The molecule has 0 amide bonds. The van der Waals surface area contributed by atoms with Crippen LogP contribution in [0.25, 0.3) is 27.8 Å². The van der Waals surface area contributed by atoms with E-state index in [1.807, 2.05) is 40.5 Å². The fraction of sp³-hybridized carbons (Fsp3) is 0.455. The topological polar surface area (TPSA) is 72.9 Å². The molecule has 0 radical (unpaired) electrons. The van der Waals surface area contributed by atoms with Crippen molar-refractivity contribution in [1.29, 1.82) is 0 Å². The van der Waals surface area contributed by atoms with Gasteiger partial charge in [-0.25, -0.2) is 28.2 Å². The van der Waals surface area contributed by atoms with Gasteiger partial charge in [0.1, 0.15) is 5.82 Å². The number of aryl methyl sites for hydroxylation is 1. The van der Waals surface area contributed by atoms with Crippen LogP contribution in [-0.4, -0.2) is 41.1 Å². The molecule has 0 unspecified atom stereocenters. The minimum atomic E-state index is -2.59. The highest BCUT2D eigenvalue weighted by molar-refractivity contribution is 5.85. The van der Waals surface area contributed by atoms with E-state index in [2.05, 4.69) is 32.3 Å². The van der Waals surface area contributed by atoms with Gasteiger partial charge in [0.15, 0.2) is 5.65 Å². The molecule has 1 N–H and O–H groups in total. The van der Waals surface area contributed by atoms with Gasteiger partial charge >= 0.3 is 0 Å². The highest BCUT2D eigenvalue weighted by Crippen LogP contribution is 2.47.